The molecule has 0 saturated carbocycles. The quantitative estimate of drug-likeness (QED) is 0.786. The van der Waals surface area contributed by atoms with E-state index in [1.165, 1.54) is 0 Å². The molecule has 1 unspecified atom stereocenters. The lowest BCUT2D eigenvalue weighted by molar-refractivity contribution is 0.264. The summed E-state index contributed by atoms with van der Waals surface area (Å²) >= 11 is 6.65. The highest BCUT2D eigenvalue weighted by Crippen LogP contribution is 2.33. The van der Waals surface area contributed by atoms with E-state index in [0.717, 1.165) is 17.3 Å². The molecule has 7 heteroatoms. The molecule has 1 saturated heterocycles. The average Bonchev–Trinajstić information content (AvgIpc) is 2.84. The van der Waals surface area contributed by atoms with E-state index in [1.807, 2.05) is 0 Å². The lowest BCUT2D eigenvalue weighted by atomic mass is 10.1. The van der Waals surface area contributed by atoms with Gasteiger partial charge in [-0.05, 0) is 59.8 Å². The lowest BCUT2D eigenvalue weighted by Gasteiger charge is -2.24. The molecule has 20 heavy (non-hydrogen) atoms. The Balaban J connectivity index is 2.29. The van der Waals surface area contributed by atoms with Crippen LogP contribution in [0.5, 0.6) is 0 Å². The summed E-state index contributed by atoms with van der Waals surface area (Å²) in [5.41, 5.74) is 0. The largest absolute Gasteiger partial charge is 0.396 e. The molecule has 1 atom stereocenters. The van der Waals surface area contributed by atoms with E-state index in [0.29, 0.717) is 28.8 Å². The molecule has 1 heterocycles. The Kier molecular flexibility index (Phi) is 5.64. The third-order valence-corrected chi connectivity index (χ3v) is 6.92. The number of nitrogens with zero attached hydrogens (tertiary/aromatic N) is 1. The van der Waals surface area contributed by atoms with E-state index in [2.05, 4.69) is 31.9 Å². The van der Waals surface area contributed by atoms with Gasteiger partial charge < -0.3 is 5.11 Å². The monoisotopic (exact) mass is 425 g/mol. The SMILES string of the molecule is O=S(=O)(c1ccc(Br)cc1Br)N1CCCC1CCCO. The van der Waals surface area contributed by atoms with Crippen molar-refractivity contribution in [1.29, 1.82) is 0 Å². The molecule has 1 fully saturated rings. The van der Waals surface area contributed by atoms with E-state index >= 15 is 0 Å². The number of hydrogen-bond donors (Lipinski definition) is 1. The number of halogens is 2. The van der Waals surface area contributed by atoms with Crippen molar-refractivity contribution < 1.29 is 13.5 Å². The standard InChI is InChI=1S/C13H17Br2NO3S/c14-10-5-6-13(12(15)9-10)20(18,19)16-7-1-3-11(16)4-2-8-17/h5-6,9,11,17H,1-4,7-8H2. The third kappa shape index (κ3) is 3.44. The molecule has 2 rings (SSSR count). The van der Waals surface area contributed by atoms with Crippen LogP contribution in [0.15, 0.2) is 32.0 Å². The Bertz CT molecular complexity index is 577. The Hall–Kier alpha value is 0.0500. The van der Waals surface area contributed by atoms with Crippen LogP contribution in [-0.4, -0.2) is 37.0 Å². The van der Waals surface area contributed by atoms with Crippen molar-refractivity contribution in [2.75, 3.05) is 13.2 Å². The van der Waals surface area contributed by atoms with Crippen LogP contribution in [0.1, 0.15) is 25.7 Å². The maximum atomic E-state index is 12.8. The molecular formula is C13H17Br2NO3S. The van der Waals surface area contributed by atoms with Gasteiger partial charge in [0.1, 0.15) is 0 Å². The fourth-order valence-electron chi connectivity index (χ4n) is 2.55. The first-order valence-corrected chi connectivity index (χ1v) is 9.57. The van der Waals surface area contributed by atoms with Gasteiger partial charge in [0.25, 0.3) is 0 Å². The van der Waals surface area contributed by atoms with Crippen molar-refractivity contribution in [3.8, 4) is 0 Å². The second-order valence-electron chi connectivity index (χ2n) is 4.85. The molecule has 0 radical (unpaired) electrons. The van der Waals surface area contributed by atoms with Gasteiger partial charge in [0.2, 0.25) is 10.0 Å². The Morgan fingerprint density at radius 2 is 2.10 bits per heavy atom. The van der Waals surface area contributed by atoms with Gasteiger partial charge in [0, 0.05) is 28.1 Å². The topological polar surface area (TPSA) is 57.6 Å². The van der Waals surface area contributed by atoms with Gasteiger partial charge in [0.15, 0.2) is 0 Å². The number of sulfonamides is 1. The Morgan fingerprint density at radius 3 is 2.75 bits per heavy atom. The lowest BCUT2D eigenvalue weighted by Crippen LogP contribution is -2.35. The summed E-state index contributed by atoms with van der Waals surface area (Å²) in [6, 6.07) is 5.09. The number of hydrogen-bond acceptors (Lipinski definition) is 3. The second-order valence-corrected chi connectivity index (χ2v) is 8.48. The molecule has 0 aromatic heterocycles. The second kappa shape index (κ2) is 6.87. The molecule has 1 aromatic carbocycles. The first kappa shape index (κ1) is 16.4. The van der Waals surface area contributed by atoms with Gasteiger partial charge >= 0.3 is 0 Å². The highest BCUT2D eigenvalue weighted by atomic mass is 79.9. The van der Waals surface area contributed by atoms with Crippen LogP contribution in [0.3, 0.4) is 0 Å². The zero-order valence-corrected chi connectivity index (χ0v) is 14.9. The highest BCUT2D eigenvalue weighted by molar-refractivity contribution is 9.11. The first-order chi connectivity index (χ1) is 9.46. The molecule has 0 bridgehead atoms. The number of benzene rings is 1. The van der Waals surface area contributed by atoms with E-state index < -0.39 is 10.0 Å². The van der Waals surface area contributed by atoms with Gasteiger partial charge in [-0.2, -0.15) is 4.31 Å². The summed E-state index contributed by atoms with van der Waals surface area (Å²) in [4.78, 5) is 0.302. The number of rotatable bonds is 5. The van der Waals surface area contributed by atoms with Crippen LogP contribution in [0.25, 0.3) is 0 Å². The zero-order valence-electron chi connectivity index (χ0n) is 10.9. The van der Waals surface area contributed by atoms with Crippen molar-refractivity contribution >= 4 is 41.9 Å². The van der Waals surface area contributed by atoms with Gasteiger partial charge in [0.05, 0.1) is 4.90 Å². The summed E-state index contributed by atoms with van der Waals surface area (Å²) in [6.45, 7) is 0.660. The minimum Gasteiger partial charge on any atom is -0.396 e. The van der Waals surface area contributed by atoms with Crippen LogP contribution < -0.4 is 0 Å². The molecule has 1 aliphatic heterocycles. The molecule has 112 valence electrons. The van der Waals surface area contributed by atoms with Crippen molar-refractivity contribution in [2.45, 2.75) is 36.6 Å². The number of aliphatic hydroxyl groups excluding tert-OH is 1. The van der Waals surface area contributed by atoms with Crippen LogP contribution in [0.4, 0.5) is 0 Å². The first-order valence-electron chi connectivity index (χ1n) is 6.54. The van der Waals surface area contributed by atoms with Crippen molar-refractivity contribution in [1.82, 2.24) is 4.31 Å². The van der Waals surface area contributed by atoms with Crippen molar-refractivity contribution in [3.05, 3.63) is 27.1 Å². The Morgan fingerprint density at radius 1 is 1.35 bits per heavy atom. The van der Waals surface area contributed by atoms with Crippen molar-refractivity contribution in [3.63, 3.8) is 0 Å². The summed E-state index contributed by atoms with van der Waals surface area (Å²) in [6.07, 6.45) is 3.10. The third-order valence-electron chi connectivity index (χ3n) is 3.50. The smallest absolute Gasteiger partial charge is 0.244 e. The normalized spacial score (nSPS) is 20.4. The fourth-order valence-corrected chi connectivity index (χ4v) is 5.98. The zero-order chi connectivity index (χ0) is 14.8. The molecule has 1 aliphatic rings. The van der Waals surface area contributed by atoms with E-state index in [9.17, 15) is 8.42 Å². The van der Waals surface area contributed by atoms with Crippen LogP contribution in [-0.2, 0) is 10.0 Å². The maximum absolute atomic E-state index is 12.8. The van der Waals surface area contributed by atoms with Gasteiger partial charge in [-0.15, -0.1) is 0 Å². The van der Waals surface area contributed by atoms with Gasteiger partial charge in [-0.3, -0.25) is 0 Å². The minimum atomic E-state index is -3.48. The van der Waals surface area contributed by atoms with Crippen molar-refractivity contribution in [2.24, 2.45) is 0 Å². The van der Waals surface area contributed by atoms with Crippen LogP contribution >= 0.6 is 31.9 Å². The molecule has 0 spiro atoms. The summed E-state index contributed by atoms with van der Waals surface area (Å²) in [5.74, 6) is 0. The maximum Gasteiger partial charge on any atom is 0.244 e. The van der Waals surface area contributed by atoms with Crippen LogP contribution in [0, 0.1) is 0 Å². The molecule has 0 aliphatic carbocycles. The highest BCUT2D eigenvalue weighted by Gasteiger charge is 2.35. The summed E-state index contributed by atoms with van der Waals surface area (Å²) in [7, 11) is -3.48. The van der Waals surface area contributed by atoms with E-state index in [1.54, 1.807) is 22.5 Å². The van der Waals surface area contributed by atoms with Gasteiger partial charge in [-0.1, -0.05) is 15.9 Å². The molecule has 1 N–H and O–H groups in total. The predicted molar refractivity (Wildman–Crippen MR) is 85.1 cm³/mol. The molecule has 0 amide bonds. The molecular weight excluding hydrogens is 410 g/mol. The summed E-state index contributed by atoms with van der Waals surface area (Å²) < 4.78 is 28.5. The minimum absolute atomic E-state index is 0.00250. The van der Waals surface area contributed by atoms with Gasteiger partial charge in [-0.25, -0.2) is 8.42 Å². The van der Waals surface area contributed by atoms with Crippen LogP contribution in [0.2, 0.25) is 0 Å². The summed E-state index contributed by atoms with van der Waals surface area (Å²) in [5, 5.41) is 8.93. The van der Waals surface area contributed by atoms with E-state index in [-0.39, 0.29) is 12.6 Å². The average molecular weight is 427 g/mol. The van der Waals surface area contributed by atoms with E-state index in [4.69, 9.17) is 5.11 Å². The Labute approximate surface area is 136 Å². The predicted octanol–water partition coefficient (Wildman–Crippen LogP) is 3.14. The number of aliphatic hydroxyl groups is 1. The fraction of sp³-hybridized carbons (Fsp3) is 0.538. The molecule has 1 aromatic rings. The molecule has 4 nitrogen and oxygen atoms in total.